The monoisotopic (exact) mass is 373 g/mol. The maximum absolute atomic E-state index is 5.90. The number of benzene rings is 1. The van der Waals surface area contributed by atoms with E-state index in [0.717, 1.165) is 38.9 Å². The van der Waals surface area contributed by atoms with Gasteiger partial charge < -0.3 is 10.1 Å². The van der Waals surface area contributed by atoms with Crippen LogP contribution in [0.15, 0.2) is 34.8 Å². The van der Waals surface area contributed by atoms with Gasteiger partial charge in [-0.2, -0.15) is 0 Å². The number of hydrogen-bond donors (Lipinski definition) is 1. The Labute approximate surface area is 137 Å². The Morgan fingerprint density at radius 1 is 1.30 bits per heavy atom. The van der Waals surface area contributed by atoms with Gasteiger partial charge in [0.05, 0.1) is 8.81 Å². The maximum Gasteiger partial charge on any atom is 0.134 e. The van der Waals surface area contributed by atoms with Gasteiger partial charge in [-0.1, -0.05) is 24.6 Å². The SMILES string of the molecule is CCCNCc1ccc(OCc2ccc(Cl)s2)c(Br)c1. The van der Waals surface area contributed by atoms with Crippen LogP contribution in [0.2, 0.25) is 4.34 Å². The van der Waals surface area contributed by atoms with Gasteiger partial charge in [0.25, 0.3) is 0 Å². The molecule has 0 spiro atoms. The summed E-state index contributed by atoms with van der Waals surface area (Å²) in [4.78, 5) is 1.12. The molecule has 2 aromatic rings. The molecule has 0 aliphatic carbocycles. The molecule has 1 aromatic carbocycles. The van der Waals surface area contributed by atoms with Crippen LogP contribution in [0.3, 0.4) is 0 Å². The zero-order chi connectivity index (χ0) is 14.4. The molecule has 0 bridgehead atoms. The van der Waals surface area contributed by atoms with Crippen molar-refractivity contribution in [1.29, 1.82) is 0 Å². The normalized spacial score (nSPS) is 10.8. The molecule has 0 saturated carbocycles. The molecule has 108 valence electrons. The van der Waals surface area contributed by atoms with E-state index in [-0.39, 0.29) is 0 Å². The molecule has 0 saturated heterocycles. The summed E-state index contributed by atoms with van der Waals surface area (Å²) in [6, 6.07) is 10.1. The molecule has 0 unspecified atom stereocenters. The highest BCUT2D eigenvalue weighted by Crippen LogP contribution is 2.28. The third kappa shape index (κ3) is 4.77. The fourth-order valence-corrected chi connectivity index (χ4v) is 3.30. The molecule has 0 radical (unpaired) electrons. The van der Waals surface area contributed by atoms with Gasteiger partial charge in [0.15, 0.2) is 0 Å². The first-order valence-corrected chi connectivity index (χ1v) is 8.54. The van der Waals surface area contributed by atoms with Crippen LogP contribution >= 0.6 is 38.9 Å². The number of thiophene rings is 1. The minimum atomic E-state index is 0.545. The van der Waals surface area contributed by atoms with E-state index >= 15 is 0 Å². The van der Waals surface area contributed by atoms with E-state index < -0.39 is 0 Å². The molecule has 0 fully saturated rings. The van der Waals surface area contributed by atoms with Gasteiger partial charge in [-0.05, 0) is 58.7 Å². The van der Waals surface area contributed by atoms with Crippen LogP contribution < -0.4 is 10.1 Å². The Kier molecular flexibility index (Phi) is 6.36. The molecule has 0 aliphatic rings. The van der Waals surface area contributed by atoms with Crippen LogP contribution in [-0.4, -0.2) is 6.54 Å². The van der Waals surface area contributed by atoms with E-state index in [1.807, 2.05) is 18.2 Å². The van der Waals surface area contributed by atoms with Gasteiger partial charge in [-0.3, -0.25) is 0 Å². The lowest BCUT2D eigenvalue weighted by Gasteiger charge is -2.09. The lowest BCUT2D eigenvalue weighted by Crippen LogP contribution is -2.13. The van der Waals surface area contributed by atoms with Crippen LogP contribution in [0.4, 0.5) is 0 Å². The summed E-state index contributed by atoms with van der Waals surface area (Å²) in [5.41, 5.74) is 1.25. The Morgan fingerprint density at radius 3 is 2.80 bits per heavy atom. The highest BCUT2D eigenvalue weighted by molar-refractivity contribution is 9.10. The first-order chi connectivity index (χ1) is 9.69. The first-order valence-electron chi connectivity index (χ1n) is 6.55. The number of halogens is 2. The van der Waals surface area contributed by atoms with E-state index in [4.69, 9.17) is 16.3 Å². The summed E-state index contributed by atoms with van der Waals surface area (Å²) in [7, 11) is 0. The second kappa shape index (κ2) is 8.03. The van der Waals surface area contributed by atoms with Gasteiger partial charge in [0.1, 0.15) is 12.4 Å². The van der Waals surface area contributed by atoms with Crippen LogP contribution in [0.1, 0.15) is 23.8 Å². The van der Waals surface area contributed by atoms with E-state index in [1.165, 1.54) is 5.56 Å². The Hall–Kier alpha value is -0.550. The second-order valence-corrected chi connectivity index (χ2v) is 7.09. The molecule has 1 heterocycles. The Balaban J connectivity index is 1.92. The molecule has 5 heteroatoms. The summed E-state index contributed by atoms with van der Waals surface area (Å²) in [6.45, 7) is 4.63. The third-order valence-corrected chi connectivity index (χ3v) is 4.58. The number of ether oxygens (including phenoxy) is 1. The summed E-state index contributed by atoms with van der Waals surface area (Å²) in [6.07, 6.45) is 1.14. The molecule has 1 N–H and O–H groups in total. The average Bonchev–Trinajstić information content (AvgIpc) is 2.84. The highest BCUT2D eigenvalue weighted by atomic mass is 79.9. The third-order valence-electron chi connectivity index (χ3n) is 2.75. The predicted octanol–water partition coefficient (Wildman–Crippen LogP) is 5.24. The number of nitrogens with one attached hydrogen (secondary N) is 1. The first kappa shape index (κ1) is 15.8. The molecule has 20 heavy (non-hydrogen) atoms. The van der Waals surface area contributed by atoms with E-state index in [1.54, 1.807) is 11.3 Å². The van der Waals surface area contributed by atoms with Crippen LogP contribution in [-0.2, 0) is 13.2 Å². The van der Waals surface area contributed by atoms with Crippen molar-refractivity contribution >= 4 is 38.9 Å². The van der Waals surface area contributed by atoms with E-state index in [0.29, 0.717) is 6.61 Å². The van der Waals surface area contributed by atoms with Crippen molar-refractivity contribution in [2.24, 2.45) is 0 Å². The van der Waals surface area contributed by atoms with Crippen LogP contribution in [0, 0.1) is 0 Å². The standard InChI is InChI=1S/C15H17BrClNOS/c1-2-7-18-9-11-3-5-14(13(16)8-11)19-10-12-4-6-15(17)20-12/h3-6,8,18H,2,7,9-10H2,1H3. The minimum Gasteiger partial charge on any atom is -0.487 e. The van der Waals surface area contributed by atoms with Crippen molar-refractivity contribution < 1.29 is 4.74 Å². The average molecular weight is 375 g/mol. The molecule has 0 atom stereocenters. The molecule has 2 rings (SSSR count). The summed E-state index contributed by atoms with van der Waals surface area (Å²) in [5, 5.41) is 3.38. The van der Waals surface area contributed by atoms with Crippen molar-refractivity contribution in [2.75, 3.05) is 6.54 Å². The van der Waals surface area contributed by atoms with Gasteiger partial charge >= 0.3 is 0 Å². The van der Waals surface area contributed by atoms with E-state index in [9.17, 15) is 0 Å². The molecule has 0 amide bonds. The molecule has 1 aromatic heterocycles. The topological polar surface area (TPSA) is 21.3 Å². The van der Waals surface area contributed by atoms with Gasteiger partial charge in [-0.25, -0.2) is 0 Å². The zero-order valence-electron chi connectivity index (χ0n) is 11.3. The van der Waals surface area contributed by atoms with Crippen LogP contribution in [0.25, 0.3) is 0 Å². The maximum atomic E-state index is 5.90. The van der Waals surface area contributed by atoms with Crippen molar-refractivity contribution in [3.8, 4) is 5.75 Å². The summed E-state index contributed by atoms with van der Waals surface area (Å²) < 4.78 is 7.58. The lowest BCUT2D eigenvalue weighted by atomic mass is 10.2. The Bertz CT molecular complexity index is 559. The number of hydrogen-bond acceptors (Lipinski definition) is 3. The van der Waals surface area contributed by atoms with Crippen molar-refractivity contribution in [1.82, 2.24) is 5.32 Å². The van der Waals surface area contributed by atoms with Gasteiger partial charge in [-0.15, -0.1) is 11.3 Å². The van der Waals surface area contributed by atoms with Crippen molar-refractivity contribution in [3.05, 3.63) is 49.6 Å². The molecular weight excluding hydrogens is 358 g/mol. The van der Waals surface area contributed by atoms with E-state index in [2.05, 4.69) is 40.3 Å². The van der Waals surface area contributed by atoms with Gasteiger partial charge in [0.2, 0.25) is 0 Å². The second-order valence-electron chi connectivity index (χ2n) is 4.44. The van der Waals surface area contributed by atoms with Crippen molar-refractivity contribution in [2.45, 2.75) is 26.5 Å². The molecular formula is C15H17BrClNOS. The molecule has 0 aliphatic heterocycles. The minimum absolute atomic E-state index is 0.545. The fourth-order valence-electron chi connectivity index (χ4n) is 1.76. The zero-order valence-corrected chi connectivity index (χ0v) is 14.4. The summed E-state index contributed by atoms with van der Waals surface area (Å²) in [5.74, 6) is 0.855. The Morgan fingerprint density at radius 2 is 2.15 bits per heavy atom. The predicted molar refractivity (Wildman–Crippen MR) is 89.8 cm³/mol. The summed E-state index contributed by atoms with van der Waals surface area (Å²) >= 11 is 11.0. The quantitative estimate of drug-likeness (QED) is 0.669. The van der Waals surface area contributed by atoms with Crippen molar-refractivity contribution in [3.63, 3.8) is 0 Å². The largest absolute Gasteiger partial charge is 0.487 e. The smallest absolute Gasteiger partial charge is 0.134 e. The highest BCUT2D eigenvalue weighted by Gasteiger charge is 2.04. The fraction of sp³-hybridized carbons (Fsp3) is 0.333. The van der Waals surface area contributed by atoms with Crippen LogP contribution in [0.5, 0.6) is 5.75 Å². The molecule has 2 nitrogen and oxygen atoms in total. The number of rotatable bonds is 7. The lowest BCUT2D eigenvalue weighted by molar-refractivity contribution is 0.307. The van der Waals surface area contributed by atoms with Gasteiger partial charge in [0, 0.05) is 11.4 Å².